The molecule has 0 aliphatic heterocycles. The standard InChI is InChI=1S/C19H26N4O/c1-4-14(23-17(12-7-8-12)19(2,3)24)13-9-20-18-16(13)22-15(10-21-18)11-5-6-11/h9-12,17,24H,4-8H2,1-3H3,(H,20,21). The highest BCUT2D eigenvalue weighted by molar-refractivity contribution is 6.08. The third-order valence-electron chi connectivity index (χ3n) is 5.13. The predicted octanol–water partition coefficient (Wildman–Crippen LogP) is 3.58. The van der Waals surface area contributed by atoms with Gasteiger partial charge < -0.3 is 10.1 Å². The first-order valence-corrected chi connectivity index (χ1v) is 9.10. The van der Waals surface area contributed by atoms with Gasteiger partial charge in [0.1, 0.15) is 5.52 Å². The number of hydrogen-bond acceptors (Lipinski definition) is 4. The molecule has 2 aliphatic carbocycles. The van der Waals surface area contributed by atoms with Crippen LogP contribution in [0.15, 0.2) is 17.4 Å². The third kappa shape index (κ3) is 2.97. The van der Waals surface area contributed by atoms with Crippen LogP contribution in [0.25, 0.3) is 11.2 Å². The van der Waals surface area contributed by atoms with Crippen LogP contribution < -0.4 is 0 Å². The van der Waals surface area contributed by atoms with Gasteiger partial charge >= 0.3 is 0 Å². The molecule has 2 fully saturated rings. The molecule has 2 saturated carbocycles. The van der Waals surface area contributed by atoms with Crippen LogP contribution in [0.2, 0.25) is 0 Å². The molecule has 0 bridgehead atoms. The van der Waals surface area contributed by atoms with Crippen molar-refractivity contribution in [2.45, 2.75) is 70.4 Å². The van der Waals surface area contributed by atoms with E-state index >= 15 is 0 Å². The van der Waals surface area contributed by atoms with Gasteiger partial charge in [-0.15, -0.1) is 0 Å². The monoisotopic (exact) mass is 326 g/mol. The maximum Gasteiger partial charge on any atom is 0.156 e. The topological polar surface area (TPSA) is 74.2 Å². The Morgan fingerprint density at radius 3 is 2.71 bits per heavy atom. The van der Waals surface area contributed by atoms with Crippen LogP contribution in [0.4, 0.5) is 0 Å². The van der Waals surface area contributed by atoms with Crippen molar-refractivity contribution in [1.82, 2.24) is 15.0 Å². The molecule has 1 atom stereocenters. The van der Waals surface area contributed by atoms with Gasteiger partial charge in [0.15, 0.2) is 5.65 Å². The van der Waals surface area contributed by atoms with Crippen LogP contribution in [-0.4, -0.2) is 37.4 Å². The maximum atomic E-state index is 10.5. The normalized spacial score (nSPS) is 20.6. The molecule has 2 aliphatic rings. The molecule has 2 aromatic rings. The highest BCUT2D eigenvalue weighted by Gasteiger charge is 2.40. The van der Waals surface area contributed by atoms with Gasteiger partial charge in [-0.2, -0.15) is 0 Å². The van der Waals surface area contributed by atoms with Crippen molar-refractivity contribution in [3.63, 3.8) is 0 Å². The average Bonchev–Trinajstić information content (AvgIpc) is 3.44. The molecule has 2 aromatic heterocycles. The third-order valence-corrected chi connectivity index (χ3v) is 5.13. The summed E-state index contributed by atoms with van der Waals surface area (Å²) in [5.74, 6) is 1.09. The zero-order valence-corrected chi connectivity index (χ0v) is 14.7. The van der Waals surface area contributed by atoms with Crippen LogP contribution in [0.3, 0.4) is 0 Å². The summed E-state index contributed by atoms with van der Waals surface area (Å²) >= 11 is 0. The van der Waals surface area contributed by atoms with Crippen molar-refractivity contribution in [2.24, 2.45) is 10.9 Å². The van der Waals surface area contributed by atoms with Gasteiger partial charge in [0, 0.05) is 23.4 Å². The summed E-state index contributed by atoms with van der Waals surface area (Å²) in [6, 6.07) is -0.0445. The second-order valence-electron chi connectivity index (χ2n) is 7.83. The fraction of sp³-hybridized carbons (Fsp3) is 0.632. The largest absolute Gasteiger partial charge is 0.388 e. The molecule has 0 radical (unpaired) electrons. The molecule has 5 nitrogen and oxygen atoms in total. The molecule has 24 heavy (non-hydrogen) atoms. The van der Waals surface area contributed by atoms with Gasteiger partial charge in [0.05, 0.1) is 23.5 Å². The van der Waals surface area contributed by atoms with Crippen LogP contribution in [0, 0.1) is 5.92 Å². The van der Waals surface area contributed by atoms with Gasteiger partial charge in [0.25, 0.3) is 0 Å². The van der Waals surface area contributed by atoms with Gasteiger partial charge in [-0.25, -0.2) is 9.97 Å². The summed E-state index contributed by atoms with van der Waals surface area (Å²) in [4.78, 5) is 17.6. The molecule has 2 heterocycles. The molecular weight excluding hydrogens is 300 g/mol. The highest BCUT2D eigenvalue weighted by atomic mass is 16.3. The van der Waals surface area contributed by atoms with Gasteiger partial charge in [-0.05, 0) is 51.9 Å². The number of nitrogens with one attached hydrogen (secondary N) is 1. The van der Waals surface area contributed by atoms with E-state index in [0.29, 0.717) is 11.8 Å². The van der Waals surface area contributed by atoms with Crippen molar-refractivity contribution >= 4 is 16.9 Å². The second-order valence-corrected chi connectivity index (χ2v) is 7.83. The van der Waals surface area contributed by atoms with Crippen molar-refractivity contribution < 1.29 is 5.11 Å². The Morgan fingerprint density at radius 1 is 1.38 bits per heavy atom. The first-order valence-electron chi connectivity index (χ1n) is 9.10. The van der Waals surface area contributed by atoms with Crippen LogP contribution in [0.1, 0.15) is 70.1 Å². The summed E-state index contributed by atoms with van der Waals surface area (Å²) in [6.45, 7) is 5.85. The van der Waals surface area contributed by atoms with E-state index < -0.39 is 5.60 Å². The Balaban J connectivity index is 1.75. The molecule has 0 spiro atoms. The zero-order chi connectivity index (χ0) is 16.9. The molecule has 1 unspecified atom stereocenters. The molecule has 4 rings (SSSR count). The maximum absolute atomic E-state index is 10.5. The number of aromatic amines is 1. The van der Waals surface area contributed by atoms with E-state index in [9.17, 15) is 5.11 Å². The van der Waals surface area contributed by atoms with Crippen molar-refractivity contribution in [3.05, 3.63) is 23.7 Å². The van der Waals surface area contributed by atoms with E-state index in [0.717, 1.165) is 47.4 Å². The summed E-state index contributed by atoms with van der Waals surface area (Å²) in [5, 5.41) is 10.5. The fourth-order valence-electron chi connectivity index (χ4n) is 3.47. The number of rotatable bonds is 6. The highest BCUT2D eigenvalue weighted by Crippen LogP contribution is 2.40. The lowest BCUT2D eigenvalue weighted by molar-refractivity contribution is 0.0454. The number of hydrogen-bond donors (Lipinski definition) is 2. The number of aromatic nitrogens is 3. The second kappa shape index (κ2) is 5.66. The molecule has 128 valence electrons. The minimum atomic E-state index is -0.793. The number of aliphatic hydroxyl groups is 1. The summed E-state index contributed by atoms with van der Waals surface area (Å²) in [5.41, 5.74) is 4.10. The summed E-state index contributed by atoms with van der Waals surface area (Å²) in [7, 11) is 0. The van der Waals surface area contributed by atoms with Crippen molar-refractivity contribution in [1.29, 1.82) is 0 Å². The number of H-pyrrole nitrogens is 1. The van der Waals surface area contributed by atoms with Crippen LogP contribution in [-0.2, 0) is 0 Å². The minimum Gasteiger partial charge on any atom is -0.388 e. The molecule has 0 saturated heterocycles. The summed E-state index contributed by atoms with van der Waals surface area (Å²) in [6.07, 6.45) is 9.45. The Morgan fingerprint density at radius 2 is 2.12 bits per heavy atom. The van der Waals surface area contributed by atoms with E-state index in [1.54, 1.807) is 0 Å². The lowest BCUT2D eigenvalue weighted by atomic mass is 9.94. The summed E-state index contributed by atoms with van der Waals surface area (Å²) < 4.78 is 0. The van der Waals surface area contributed by atoms with Gasteiger partial charge in [0.2, 0.25) is 0 Å². The predicted molar refractivity (Wildman–Crippen MR) is 95.5 cm³/mol. The van der Waals surface area contributed by atoms with E-state index in [2.05, 4.69) is 16.9 Å². The van der Waals surface area contributed by atoms with Crippen molar-refractivity contribution in [2.75, 3.05) is 0 Å². The molecule has 0 amide bonds. The number of fused-ring (bicyclic) bond motifs is 1. The van der Waals surface area contributed by atoms with E-state index in [4.69, 9.17) is 9.98 Å². The SMILES string of the molecule is CCC(=NC(C1CC1)C(C)(C)O)c1c[nH]c2ncc(C3CC3)nc12. The van der Waals surface area contributed by atoms with E-state index in [1.807, 2.05) is 26.2 Å². The van der Waals surface area contributed by atoms with E-state index in [-0.39, 0.29) is 6.04 Å². The van der Waals surface area contributed by atoms with Crippen LogP contribution in [0.5, 0.6) is 0 Å². The fourth-order valence-corrected chi connectivity index (χ4v) is 3.47. The lowest BCUT2D eigenvalue weighted by Crippen LogP contribution is -2.37. The molecular formula is C19H26N4O. The van der Waals surface area contributed by atoms with Gasteiger partial charge in [-0.1, -0.05) is 6.92 Å². The Bertz CT molecular complexity index is 778. The van der Waals surface area contributed by atoms with E-state index in [1.165, 1.54) is 12.8 Å². The van der Waals surface area contributed by atoms with Crippen LogP contribution >= 0.6 is 0 Å². The molecule has 2 N–H and O–H groups in total. The number of aliphatic imine (C=N–C) groups is 1. The first-order chi connectivity index (χ1) is 11.5. The Kier molecular flexibility index (Phi) is 3.71. The Hall–Kier alpha value is -1.75. The molecule has 5 heteroatoms. The number of nitrogens with zero attached hydrogens (tertiary/aromatic N) is 3. The smallest absolute Gasteiger partial charge is 0.156 e. The van der Waals surface area contributed by atoms with Gasteiger partial charge in [-0.3, -0.25) is 4.99 Å². The first kappa shape index (κ1) is 15.8. The molecule has 0 aromatic carbocycles. The lowest BCUT2D eigenvalue weighted by Gasteiger charge is -2.27. The average molecular weight is 326 g/mol. The minimum absolute atomic E-state index is 0.0445. The Labute approximate surface area is 142 Å². The zero-order valence-electron chi connectivity index (χ0n) is 14.7. The quantitative estimate of drug-likeness (QED) is 0.797. The van der Waals surface area contributed by atoms with Crippen molar-refractivity contribution in [3.8, 4) is 0 Å².